The summed E-state index contributed by atoms with van der Waals surface area (Å²) in [6, 6.07) is 4.16. The molecule has 8 nitrogen and oxygen atoms in total. The Morgan fingerprint density at radius 1 is 1.25 bits per heavy atom. The van der Waals surface area contributed by atoms with Crippen LogP contribution in [0.1, 0.15) is 12.8 Å². The minimum absolute atomic E-state index is 0.0104. The molecule has 0 bridgehead atoms. The Bertz CT molecular complexity index is 1000. The third kappa shape index (κ3) is 2.90. The van der Waals surface area contributed by atoms with Gasteiger partial charge >= 0.3 is 5.69 Å². The zero-order chi connectivity index (χ0) is 17.5. The lowest BCUT2D eigenvalue weighted by atomic mass is 10.2. The molecule has 0 spiro atoms. The molecule has 3 rings (SSSR count). The van der Waals surface area contributed by atoms with Gasteiger partial charge in [0.2, 0.25) is 10.0 Å². The van der Waals surface area contributed by atoms with Crippen LogP contribution in [-0.4, -0.2) is 36.8 Å². The van der Waals surface area contributed by atoms with Crippen LogP contribution in [-0.2, 0) is 28.9 Å². The van der Waals surface area contributed by atoms with Crippen LogP contribution in [0.2, 0.25) is 0 Å². The first-order valence-electron chi connectivity index (χ1n) is 7.62. The first kappa shape index (κ1) is 16.9. The first-order valence-corrected chi connectivity index (χ1v) is 9.10. The molecule has 2 heterocycles. The van der Waals surface area contributed by atoms with Crippen LogP contribution < -0.4 is 16.0 Å². The van der Waals surface area contributed by atoms with E-state index >= 15 is 0 Å². The van der Waals surface area contributed by atoms with Crippen LogP contribution in [0, 0.1) is 0 Å². The van der Waals surface area contributed by atoms with Crippen molar-refractivity contribution >= 4 is 20.9 Å². The zero-order valence-corrected chi connectivity index (χ0v) is 14.3. The number of benzene rings is 1. The summed E-state index contributed by atoms with van der Waals surface area (Å²) in [5.74, 6) is 0. The van der Waals surface area contributed by atoms with Crippen molar-refractivity contribution in [2.24, 2.45) is 14.1 Å². The van der Waals surface area contributed by atoms with E-state index in [0.717, 1.165) is 17.4 Å². The lowest BCUT2D eigenvalue weighted by molar-refractivity contribution is 0.114. The van der Waals surface area contributed by atoms with Crippen molar-refractivity contribution in [3.8, 4) is 0 Å². The maximum atomic E-state index is 12.4. The standard InChI is InChI=1S/C15H19N3O5S/c1-17-13-6-5-11(8-12(13)14(19)18(2)15(17)20)24(21,22)16-9-10-4-3-7-23-10/h5-6,8,10,16H,3-4,7,9H2,1-2H3/t10-/m1/s1. The summed E-state index contributed by atoms with van der Waals surface area (Å²) in [6.07, 6.45) is 1.63. The molecule has 0 unspecified atom stereocenters. The average molecular weight is 353 g/mol. The Hall–Kier alpha value is -1.97. The van der Waals surface area contributed by atoms with Crippen molar-refractivity contribution in [1.82, 2.24) is 13.9 Å². The van der Waals surface area contributed by atoms with Crippen LogP contribution >= 0.6 is 0 Å². The van der Waals surface area contributed by atoms with Gasteiger partial charge in [-0.2, -0.15) is 0 Å². The third-order valence-corrected chi connectivity index (χ3v) is 5.69. The van der Waals surface area contributed by atoms with Gasteiger partial charge in [-0.1, -0.05) is 0 Å². The maximum Gasteiger partial charge on any atom is 0.330 e. The summed E-state index contributed by atoms with van der Waals surface area (Å²) in [7, 11) is -0.860. The molecule has 9 heteroatoms. The van der Waals surface area contributed by atoms with Crippen LogP contribution in [0.4, 0.5) is 0 Å². The Balaban J connectivity index is 2.01. The van der Waals surface area contributed by atoms with Crippen molar-refractivity contribution in [2.45, 2.75) is 23.8 Å². The maximum absolute atomic E-state index is 12.4. The van der Waals surface area contributed by atoms with E-state index < -0.39 is 21.3 Å². The lowest BCUT2D eigenvalue weighted by Gasteiger charge is -2.12. The summed E-state index contributed by atoms with van der Waals surface area (Å²) in [6.45, 7) is 0.845. The Kier molecular flexibility index (Phi) is 4.33. The van der Waals surface area contributed by atoms with Crippen LogP contribution in [0.3, 0.4) is 0 Å². The second kappa shape index (κ2) is 6.15. The van der Waals surface area contributed by atoms with Gasteiger partial charge in [-0.25, -0.2) is 17.9 Å². The molecule has 0 aliphatic carbocycles. The third-order valence-electron chi connectivity index (χ3n) is 4.27. The van der Waals surface area contributed by atoms with Gasteiger partial charge in [-0.3, -0.25) is 13.9 Å². The number of aryl methyl sites for hydroxylation is 1. The number of nitrogens with zero attached hydrogens (tertiary/aromatic N) is 2. The molecule has 0 saturated carbocycles. The van der Waals surface area contributed by atoms with Gasteiger partial charge in [-0.05, 0) is 31.0 Å². The molecule has 1 aromatic heterocycles. The molecule has 1 aliphatic heterocycles. The molecule has 130 valence electrons. The summed E-state index contributed by atoms with van der Waals surface area (Å²) >= 11 is 0. The SMILES string of the molecule is Cn1c(=O)c2cc(S(=O)(=O)NC[C@H]3CCCO3)ccc2n(C)c1=O. The summed E-state index contributed by atoms with van der Waals surface area (Å²) < 4.78 is 35.1. The molecule has 2 aromatic rings. The normalized spacial score (nSPS) is 18.3. The molecule has 1 aromatic carbocycles. The van der Waals surface area contributed by atoms with Crippen molar-refractivity contribution in [1.29, 1.82) is 0 Å². The van der Waals surface area contributed by atoms with Crippen molar-refractivity contribution in [3.63, 3.8) is 0 Å². The van der Waals surface area contributed by atoms with Crippen molar-refractivity contribution < 1.29 is 13.2 Å². The quantitative estimate of drug-likeness (QED) is 0.813. The van der Waals surface area contributed by atoms with Gasteiger partial charge in [0.25, 0.3) is 5.56 Å². The topological polar surface area (TPSA) is 99.4 Å². The highest BCUT2D eigenvalue weighted by Crippen LogP contribution is 2.16. The van der Waals surface area contributed by atoms with E-state index in [1.807, 2.05) is 0 Å². The number of ether oxygens (including phenoxy) is 1. The number of rotatable bonds is 4. The molecule has 0 amide bonds. The highest BCUT2D eigenvalue weighted by atomic mass is 32.2. The minimum atomic E-state index is -3.76. The summed E-state index contributed by atoms with van der Waals surface area (Å²) in [5, 5.41) is 0.180. The van der Waals surface area contributed by atoms with Gasteiger partial charge in [-0.15, -0.1) is 0 Å². The largest absolute Gasteiger partial charge is 0.377 e. The minimum Gasteiger partial charge on any atom is -0.377 e. The van der Waals surface area contributed by atoms with Crippen LogP contribution in [0.5, 0.6) is 0 Å². The molecular formula is C15H19N3O5S. The molecule has 1 saturated heterocycles. The molecule has 1 fully saturated rings. The number of hydrogen-bond acceptors (Lipinski definition) is 5. The van der Waals surface area contributed by atoms with Crippen molar-refractivity contribution in [3.05, 3.63) is 39.0 Å². The fourth-order valence-electron chi connectivity index (χ4n) is 2.83. The zero-order valence-electron chi connectivity index (χ0n) is 13.5. The monoisotopic (exact) mass is 353 g/mol. The van der Waals surface area contributed by atoms with E-state index in [1.165, 1.54) is 36.9 Å². The van der Waals surface area contributed by atoms with E-state index in [1.54, 1.807) is 0 Å². The van der Waals surface area contributed by atoms with E-state index in [0.29, 0.717) is 12.1 Å². The van der Waals surface area contributed by atoms with E-state index in [4.69, 9.17) is 4.74 Å². The number of hydrogen-bond donors (Lipinski definition) is 1. The lowest BCUT2D eigenvalue weighted by Crippen LogP contribution is -2.37. The highest BCUT2D eigenvalue weighted by Gasteiger charge is 2.21. The molecule has 0 radical (unpaired) electrons. The number of sulfonamides is 1. The number of fused-ring (bicyclic) bond motifs is 1. The van der Waals surface area contributed by atoms with Crippen LogP contribution in [0.15, 0.2) is 32.7 Å². The molecular weight excluding hydrogens is 334 g/mol. The van der Waals surface area contributed by atoms with Crippen molar-refractivity contribution in [2.75, 3.05) is 13.2 Å². The number of aromatic nitrogens is 2. The Morgan fingerprint density at radius 3 is 2.67 bits per heavy atom. The van der Waals surface area contributed by atoms with E-state index in [2.05, 4.69) is 4.72 Å². The first-order chi connectivity index (χ1) is 11.3. The smallest absolute Gasteiger partial charge is 0.330 e. The van der Waals surface area contributed by atoms with E-state index in [9.17, 15) is 18.0 Å². The van der Waals surface area contributed by atoms with Gasteiger partial charge < -0.3 is 4.74 Å². The molecule has 1 N–H and O–H groups in total. The van der Waals surface area contributed by atoms with Gasteiger partial charge in [0.15, 0.2) is 0 Å². The molecule has 24 heavy (non-hydrogen) atoms. The Morgan fingerprint density at radius 2 is 2.00 bits per heavy atom. The average Bonchev–Trinajstić information content (AvgIpc) is 3.09. The molecule has 1 aliphatic rings. The predicted octanol–water partition coefficient (Wildman–Crippen LogP) is -0.305. The van der Waals surface area contributed by atoms with Gasteiger partial charge in [0.05, 0.1) is 21.9 Å². The molecule has 1 atom stereocenters. The predicted molar refractivity (Wildman–Crippen MR) is 88.6 cm³/mol. The fraction of sp³-hybridized carbons (Fsp3) is 0.467. The van der Waals surface area contributed by atoms with E-state index in [-0.39, 0.29) is 22.9 Å². The van der Waals surface area contributed by atoms with Gasteiger partial charge in [0, 0.05) is 27.2 Å². The van der Waals surface area contributed by atoms with Crippen LogP contribution in [0.25, 0.3) is 10.9 Å². The highest BCUT2D eigenvalue weighted by molar-refractivity contribution is 7.89. The second-order valence-corrected chi connectivity index (χ2v) is 7.64. The number of nitrogens with one attached hydrogen (secondary N) is 1. The van der Waals surface area contributed by atoms with Gasteiger partial charge in [0.1, 0.15) is 0 Å². The second-order valence-electron chi connectivity index (χ2n) is 5.87. The fourth-order valence-corrected chi connectivity index (χ4v) is 3.93. The summed E-state index contributed by atoms with van der Waals surface area (Å²) in [4.78, 5) is 24.2. The Labute approximate surface area is 138 Å². The summed E-state index contributed by atoms with van der Waals surface area (Å²) in [5.41, 5.74) is -0.593.